The van der Waals surface area contributed by atoms with Crippen molar-refractivity contribution in [3.63, 3.8) is 0 Å². The van der Waals surface area contributed by atoms with Crippen LogP contribution in [0.4, 0.5) is 4.39 Å². The van der Waals surface area contributed by atoms with Crippen LogP contribution in [0.15, 0.2) is 29.3 Å². The number of nitrogens with one attached hydrogen (secondary N) is 2. The molecule has 1 aromatic rings. The normalized spacial score (nSPS) is 16.8. The molecular weight excluding hydrogens is 347 g/mol. The largest absolute Gasteiger partial charge is 0.494 e. The summed E-state index contributed by atoms with van der Waals surface area (Å²) in [6, 6.07) is 6.54. The van der Waals surface area contributed by atoms with Crippen LogP contribution in [0.1, 0.15) is 26.7 Å². The number of nitrogens with zero attached hydrogens (tertiary/aromatic N) is 2. The molecule has 0 bridgehead atoms. The number of hydrogen-bond donors (Lipinski definition) is 2. The van der Waals surface area contributed by atoms with Crippen LogP contribution in [-0.4, -0.2) is 69.4 Å². The maximum Gasteiger partial charge on any atom is 0.191 e. The fourth-order valence-electron chi connectivity index (χ4n) is 2.85. The summed E-state index contributed by atoms with van der Waals surface area (Å²) in [5.74, 6) is 1.32. The van der Waals surface area contributed by atoms with Crippen molar-refractivity contribution in [2.45, 2.75) is 32.7 Å². The van der Waals surface area contributed by atoms with Gasteiger partial charge in [0.05, 0.1) is 26.4 Å². The fourth-order valence-corrected chi connectivity index (χ4v) is 2.85. The Morgan fingerprint density at radius 3 is 2.67 bits per heavy atom. The minimum atomic E-state index is -0.246. The van der Waals surface area contributed by atoms with E-state index in [1.807, 2.05) is 0 Å². The zero-order valence-corrected chi connectivity index (χ0v) is 16.5. The minimum Gasteiger partial charge on any atom is -0.494 e. The molecule has 1 heterocycles. The van der Waals surface area contributed by atoms with Gasteiger partial charge in [0.25, 0.3) is 0 Å². The third kappa shape index (κ3) is 8.58. The van der Waals surface area contributed by atoms with Crippen molar-refractivity contribution < 1.29 is 13.9 Å². The molecular formula is C20H33FN4O2. The van der Waals surface area contributed by atoms with Crippen LogP contribution >= 0.6 is 0 Å². The highest BCUT2D eigenvalue weighted by molar-refractivity contribution is 5.79. The summed E-state index contributed by atoms with van der Waals surface area (Å²) >= 11 is 0. The van der Waals surface area contributed by atoms with Crippen LogP contribution in [0, 0.1) is 5.82 Å². The molecule has 1 saturated heterocycles. The molecule has 1 aliphatic heterocycles. The van der Waals surface area contributed by atoms with Gasteiger partial charge in [0.2, 0.25) is 0 Å². The Bertz CT molecular complexity index is 547. The van der Waals surface area contributed by atoms with E-state index in [0.717, 1.165) is 64.7 Å². The number of guanidine groups is 1. The molecule has 2 rings (SSSR count). The summed E-state index contributed by atoms with van der Waals surface area (Å²) < 4.78 is 23.9. The standard InChI is InChI=1S/C20H33FN4O2/c1-3-22-20(24-16-17(2)25-11-14-26-15-12-25)23-10-4-5-13-27-19-8-6-18(21)7-9-19/h6-9,17H,3-5,10-16H2,1-2H3,(H2,22,23,24). The Morgan fingerprint density at radius 2 is 1.96 bits per heavy atom. The topological polar surface area (TPSA) is 58.1 Å². The molecule has 1 unspecified atom stereocenters. The Kier molecular flexibility index (Phi) is 9.94. The highest BCUT2D eigenvalue weighted by Crippen LogP contribution is 2.11. The van der Waals surface area contributed by atoms with Gasteiger partial charge in [-0.1, -0.05) is 0 Å². The van der Waals surface area contributed by atoms with Crippen molar-refractivity contribution in [3.05, 3.63) is 30.1 Å². The van der Waals surface area contributed by atoms with Gasteiger partial charge in [-0.3, -0.25) is 9.89 Å². The van der Waals surface area contributed by atoms with Gasteiger partial charge in [0.15, 0.2) is 5.96 Å². The lowest BCUT2D eigenvalue weighted by molar-refractivity contribution is 0.0220. The van der Waals surface area contributed by atoms with Crippen LogP contribution in [0.25, 0.3) is 0 Å². The lowest BCUT2D eigenvalue weighted by Gasteiger charge is -2.31. The molecule has 152 valence electrons. The third-order valence-corrected chi connectivity index (χ3v) is 4.47. The molecule has 0 amide bonds. The van der Waals surface area contributed by atoms with Crippen molar-refractivity contribution in [2.75, 3.05) is 52.5 Å². The van der Waals surface area contributed by atoms with Gasteiger partial charge in [-0.25, -0.2) is 4.39 Å². The zero-order valence-electron chi connectivity index (χ0n) is 16.5. The summed E-state index contributed by atoms with van der Waals surface area (Å²) in [4.78, 5) is 7.13. The lowest BCUT2D eigenvalue weighted by atomic mass is 10.2. The molecule has 2 N–H and O–H groups in total. The highest BCUT2D eigenvalue weighted by atomic mass is 19.1. The summed E-state index contributed by atoms with van der Waals surface area (Å²) in [5.41, 5.74) is 0. The first-order chi connectivity index (χ1) is 13.2. The summed E-state index contributed by atoms with van der Waals surface area (Å²) in [7, 11) is 0. The van der Waals surface area contributed by atoms with Gasteiger partial charge in [0.1, 0.15) is 11.6 Å². The predicted octanol–water partition coefficient (Wildman–Crippen LogP) is 2.26. The predicted molar refractivity (Wildman–Crippen MR) is 107 cm³/mol. The van der Waals surface area contributed by atoms with Crippen LogP contribution in [0.2, 0.25) is 0 Å². The van der Waals surface area contributed by atoms with E-state index in [9.17, 15) is 4.39 Å². The van der Waals surface area contributed by atoms with Gasteiger partial charge in [-0.15, -0.1) is 0 Å². The van der Waals surface area contributed by atoms with E-state index in [-0.39, 0.29) is 5.82 Å². The quantitative estimate of drug-likeness (QED) is 0.370. The van der Waals surface area contributed by atoms with E-state index in [2.05, 4.69) is 29.4 Å². The second-order valence-corrected chi connectivity index (χ2v) is 6.65. The zero-order chi connectivity index (χ0) is 19.3. The number of hydrogen-bond acceptors (Lipinski definition) is 4. The second-order valence-electron chi connectivity index (χ2n) is 6.65. The van der Waals surface area contributed by atoms with Crippen LogP contribution in [0.3, 0.4) is 0 Å². The smallest absolute Gasteiger partial charge is 0.191 e. The number of ether oxygens (including phenoxy) is 2. The van der Waals surface area contributed by atoms with Crippen molar-refractivity contribution in [3.8, 4) is 5.75 Å². The molecule has 1 atom stereocenters. The number of unbranched alkanes of at least 4 members (excludes halogenated alkanes) is 1. The second kappa shape index (κ2) is 12.5. The van der Waals surface area contributed by atoms with Gasteiger partial charge in [0, 0.05) is 32.2 Å². The maximum atomic E-state index is 12.8. The average Bonchev–Trinajstić information content (AvgIpc) is 2.70. The number of aliphatic imine (C=N–C) groups is 1. The number of halogens is 1. The lowest BCUT2D eigenvalue weighted by Crippen LogP contribution is -2.44. The Hall–Kier alpha value is -1.86. The molecule has 6 nitrogen and oxygen atoms in total. The molecule has 1 fully saturated rings. The highest BCUT2D eigenvalue weighted by Gasteiger charge is 2.16. The van der Waals surface area contributed by atoms with Crippen molar-refractivity contribution in [1.29, 1.82) is 0 Å². The molecule has 1 aliphatic rings. The molecule has 0 spiro atoms. The first kappa shape index (κ1) is 21.4. The van der Waals surface area contributed by atoms with E-state index >= 15 is 0 Å². The molecule has 0 radical (unpaired) electrons. The van der Waals surface area contributed by atoms with Crippen LogP contribution < -0.4 is 15.4 Å². The van der Waals surface area contributed by atoms with E-state index in [1.165, 1.54) is 12.1 Å². The summed E-state index contributed by atoms with van der Waals surface area (Å²) in [6.45, 7) is 10.9. The number of rotatable bonds is 10. The SMILES string of the molecule is CCNC(=NCC(C)N1CCOCC1)NCCCCOc1ccc(F)cc1. The Labute approximate surface area is 162 Å². The molecule has 27 heavy (non-hydrogen) atoms. The molecule has 0 aromatic heterocycles. The van der Waals surface area contributed by atoms with Gasteiger partial charge >= 0.3 is 0 Å². The molecule has 0 aliphatic carbocycles. The summed E-state index contributed by atoms with van der Waals surface area (Å²) in [6.07, 6.45) is 1.90. The first-order valence-corrected chi connectivity index (χ1v) is 9.91. The number of morpholine rings is 1. The summed E-state index contributed by atoms with van der Waals surface area (Å²) in [5, 5.41) is 6.67. The van der Waals surface area contributed by atoms with Gasteiger partial charge in [-0.05, 0) is 51.0 Å². The van der Waals surface area contributed by atoms with E-state index < -0.39 is 0 Å². The average molecular weight is 381 g/mol. The maximum absolute atomic E-state index is 12.8. The van der Waals surface area contributed by atoms with E-state index in [0.29, 0.717) is 18.4 Å². The van der Waals surface area contributed by atoms with E-state index in [4.69, 9.17) is 14.5 Å². The van der Waals surface area contributed by atoms with Crippen molar-refractivity contribution in [1.82, 2.24) is 15.5 Å². The Morgan fingerprint density at radius 1 is 1.22 bits per heavy atom. The third-order valence-electron chi connectivity index (χ3n) is 4.47. The minimum absolute atomic E-state index is 0.246. The first-order valence-electron chi connectivity index (χ1n) is 9.91. The van der Waals surface area contributed by atoms with Gasteiger partial charge < -0.3 is 20.1 Å². The Balaban J connectivity index is 1.62. The molecule has 7 heteroatoms. The van der Waals surface area contributed by atoms with Crippen molar-refractivity contribution in [2.24, 2.45) is 4.99 Å². The monoisotopic (exact) mass is 380 g/mol. The van der Waals surface area contributed by atoms with Crippen LogP contribution in [0.5, 0.6) is 5.75 Å². The number of benzene rings is 1. The molecule has 0 saturated carbocycles. The van der Waals surface area contributed by atoms with Gasteiger partial charge in [-0.2, -0.15) is 0 Å². The van der Waals surface area contributed by atoms with E-state index in [1.54, 1.807) is 12.1 Å². The van der Waals surface area contributed by atoms with Crippen molar-refractivity contribution >= 4 is 5.96 Å². The fraction of sp³-hybridized carbons (Fsp3) is 0.650. The molecule has 1 aromatic carbocycles. The van der Waals surface area contributed by atoms with Crippen LogP contribution in [-0.2, 0) is 4.74 Å².